The van der Waals surface area contributed by atoms with Gasteiger partial charge in [-0.05, 0) is 24.7 Å². The third-order valence-electron chi connectivity index (χ3n) is 3.57. The quantitative estimate of drug-likeness (QED) is 0.828. The van der Waals surface area contributed by atoms with Crippen LogP contribution in [-0.4, -0.2) is 9.55 Å². The van der Waals surface area contributed by atoms with Crippen LogP contribution in [0.2, 0.25) is 0 Å². The largest absolute Gasteiger partial charge is 0.369 e. The van der Waals surface area contributed by atoms with Crippen molar-refractivity contribution in [3.05, 3.63) is 12.4 Å². The number of nitrogen functional groups attached to an aromatic ring is 1. The van der Waals surface area contributed by atoms with E-state index in [-0.39, 0.29) is 0 Å². The van der Waals surface area contributed by atoms with Crippen LogP contribution >= 0.6 is 0 Å². The second-order valence-electron chi connectivity index (χ2n) is 4.91. The van der Waals surface area contributed by atoms with Gasteiger partial charge < -0.3 is 10.3 Å². The Morgan fingerprint density at radius 1 is 1.53 bits per heavy atom. The van der Waals surface area contributed by atoms with Crippen molar-refractivity contribution in [2.45, 2.75) is 45.6 Å². The molecule has 84 valence electrons. The summed E-state index contributed by atoms with van der Waals surface area (Å²) in [5.74, 6) is 2.47. The maximum atomic E-state index is 5.74. The third kappa shape index (κ3) is 2.74. The Hall–Kier alpha value is -0.990. The highest BCUT2D eigenvalue weighted by molar-refractivity contribution is 5.16. The summed E-state index contributed by atoms with van der Waals surface area (Å²) in [5, 5.41) is 0. The fourth-order valence-electron chi connectivity index (χ4n) is 2.67. The summed E-state index contributed by atoms with van der Waals surface area (Å²) in [6.07, 6.45) is 10.6. The first-order chi connectivity index (χ1) is 7.25. The lowest BCUT2D eigenvalue weighted by Crippen LogP contribution is -2.15. The molecule has 3 heteroatoms. The average molecular weight is 207 g/mol. The number of aryl methyl sites for hydroxylation is 1. The van der Waals surface area contributed by atoms with Gasteiger partial charge in [-0.25, -0.2) is 4.98 Å². The number of nitrogens with two attached hydrogens (primary N) is 1. The van der Waals surface area contributed by atoms with Gasteiger partial charge in [0.25, 0.3) is 0 Å². The van der Waals surface area contributed by atoms with Crippen molar-refractivity contribution in [1.29, 1.82) is 0 Å². The highest BCUT2D eigenvalue weighted by Crippen LogP contribution is 2.31. The summed E-state index contributed by atoms with van der Waals surface area (Å²) in [5.41, 5.74) is 5.74. The monoisotopic (exact) mass is 207 g/mol. The Bertz CT molecular complexity index is 306. The Labute approximate surface area is 91.7 Å². The zero-order valence-corrected chi connectivity index (χ0v) is 9.52. The zero-order valence-electron chi connectivity index (χ0n) is 9.52. The zero-order chi connectivity index (χ0) is 10.7. The minimum atomic E-state index is 0.652. The molecular weight excluding hydrogens is 186 g/mol. The van der Waals surface area contributed by atoms with Gasteiger partial charge in [-0.1, -0.05) is 26.2 Å². The van der Waals surface area contributed by atoms with Gasteiger partial charge >= 0.3 is 0 Å². The molecule has 2 atom stereocenters. The van der Waals surface area contributed by atoms with Crippen LogP contribution in [0.3, 0.4) is 0 Å². The van der Waals surface area contributed by atoms with Crippen LogP contribution in [0.4, 0.5) is 5.95 Å². The van der Waals surface area contributed by atoms with Crippen molar-refractivity contribution in [1.82, 2.24) is 9.55 Å². The predicted octanol–water partition coefficient (Wildman–Crippen LogP) is 2.68. The van der Waals surface area contributed by atoms with Gasteiger partial charge in [-0.3, -0.25) is 0 Å². The van der Waals surface area contributed by atoms with Crippen LogP contribution in [0.1, 0.15) is 39.0 Å². The Morgan fingerprint density at radius 2 is 2.40 bits per heavy atom. The van der Waals surface area contributed by atoms with E-state index in [0.29, 0.717) is 5.95 Å². The summed E-state index contributed by atoms with van der Waals surface area (Å²) in [6, 6.07) is 0. The molecule has 0 radical (unpaired) electrons. The maximum absolute atomic E-state index is 5.74. The molecule has 0 amide bonds. The molecule has 1 saturated carbocycles. The lowest BCUT2D eigenvalue weighted by molar-refractivity contribution is 0.261. The van der Waals surface area contributed by atoms with Crippen molar-refractivity contribution in [2.75, 3.05) is 5.73 Å². The smallest absolute Gasteiger partial charge is 0.200 e. The van der Waals surface area contributed by atoms with Crippen LogP contribution in [0.15, 0.2) is 12.4 Å². The van der Waals surface area contributed by atoms with Crippen molar-refractivity contribution < 1.29 is 0 Å². The predicted molar refractivity (Wildman–Crippen MR) is 62.4 cm³/mol. The van der Waals surface area contributed by atoms with E-state index in [0.717, 1.165) is 18.4 Å². The second-order valence-corrected chi connectivity index (χ2v) is 4.91. The number of hydrogen-bond acceptors (Lipinski definition) is 2. The van der Waals surface area contributed by atoms with E-state index >= 15 is 0 Å². The van der Waals surface area contributed by atoms with E-state index in [4.69, 9.17) is 5.73 Å². The molecule has 2 N–H and O–H groups in total. The van der Waals surface area contributed by atoms with E-state index in [9.17, 15) is 0 Å². The van der Waals surface area contributed by atoms with Crippen LogP contribution < -0.4 is 5.73 Å². The minimum absolute atomic E-state index is 0.652. The SMILES string of the molecule is CC1CCCC(CCn2ccnc2N)C1. The van der Waals surface area contributed by atoms with E-state index in [2.05, 4.69) is 16.5 Å². The van der Waals surface area contributed by atoms with Crippen molar-refractivity contribution in [3.63, 3.8) is 0 Å². The van der Waals surface area contributed by atoms with Crippen LogP contribution in [0.5, 0.6) is 0 Å². The molecule has 1 heterocycles. The molecule has 3 nitrogen and oxygen atoms in total. The Kier molecular flexibility index (Phi) is 3.29. The molecule has 0 spiro atoms. The molecule has 15 heavy (non-hydrogen) atoms. The maximum Gasteiger partial charge on any atom is 0.200 e. The van der Waals surface area contributed by atoms with Gasteiger partial charge in [0.05, 0.1) is 0 Å². The molecule has 1 fully saturated rings. The minimum Gasteiger partial charge on any atom is -0.369 e. The Balaban J connectivity index is 1.80. The summed E-state index contributed by atoms with van der Waals surface area (Å²) < 4.78 is 2.05. The number of aromatic nitrogens is 2. The van der Waals surface area contributed by atoms with Gasteiger partial charge in [0.15, 0.2) is 5.95 Å². The topological polar surface area (TPSA) is 43.8 Å². The normalized spacial score (nSPS) is 26.7. The second kappa shape index (κ2) is 4.69. The highest BCUT2D eigenvalue weighted by atomic mass is 15.1. The summed E-state index contributed by atoms with van der Waals surface area (Å²) in [4.78, 5) is 4.04. The van der Waals surface area contributed by atoms with Crippen molar-refractivity contribution >= 4 is 5.95 Å². The molecule has 1 aliphatic rings. The molecule has 0 bridgehead atoms. The Morgan fingerprint density at radius 3 is 3.07 bits per heavy atom. The molecule has 1 aromatic heterocycles. The lowest BCUT2D eigenvalue weighted by Gasteiger charge is -2.26. The third-order valence-corrected chi connectivity index (χ3v) is 3.57. The standard InChI is InChI=1S/C12H21N3/c1-10-3-2-4-11(9-10)5-7-15-8-6-14-12(15)13/h6,8,10-11H,2-5,7,9H2,1H3,(H2,13,14). The van der Waals surface area contributed by atoms with Gasteiger partial charge in [0.2, 0.25) is 0 Å². The van der Waals surface area contributed by atoms with Crippen LogP contribution in [0.25, 0.3) is 0 Å². The van der Waals surface area contributed by atoms with E-state index in [1.807, 2.05) is 6.20 Å². The molecule has 0 aromatic carbocycles. The van der Waals surface area contributed by atoms with Gasteiger partial charge in [0.1, 0.15) is 0 Å². The van der Waals surface area contributed by atoms with Crippen molar-refractivity contribution in [2.24, 2.45) is 11.8 Å². The van der Waals surface area contributed by atoms with Crippen LogP contribution in [-0.2, 0) is 6.54 Å². The fraction of sp³-hybridized carbons (Fsp3) is 0.750. The first-order valence-electron chi connectivity index (χ1n) is 6.02. The van der Waals surface area contributed by atoms with Crippen LogP contribution in [0, 0.1) is 11.8 Å². The van der Waals surface area contributed by atoms with E-state index in [1.165, 1.54) is 32.1 Å². The molecule has 1 aromatic rings. The summed E-state index contributed by atoms with van der Waals surface area (Å²) in [7, 11) is 0. The molecule has 2 rings (SSSR count). The highest BCUT2D eigenvalue weighted by Gasteiger charge is 2.18. The molecule has 2 unspecified atom stereocenters. The molecular formula is C12H21N3. The summed E-state index contributed by atoms with van der Waals surface area (Å²) >= 11 is 0. The number of nitrogens with zero attached hydrogens (tertiary/aromatic N) is 2. The van der Waals surface area contributed by atoms with Gasteiger partial charge in [-0.15, -0.1) is 0 Å². The first kappa shape index (κ1) is 10.5. The average Bonchev–Trinajstić information content (AvgIpc) is 2.61. The fourth-order valence-corrected chi connectivity index (χ4v) is 2.67. The van der Waals surface area contributed by atoms with Gasteiger partial charge in [0, 0.05) is 18.9 Å². The first-order valence-corrected chi connectivity index (χ1v) is 6.02. The van der Waals surface area contributed by atoms with Crippen molar-refractivity contribution in [3.8, 4) is 0 Å². The number of anilines is 1. The molecule has 0 saturated heterocycles. The number of hydrogen-bond donors (Lipinski definition) is 1. The molecule has 1 aliphatic carbocycles. The molecule has 0 aliphatic heterocycles. The van der Waals surface area contributed by atoms with E-state index in [1.54, 1.807) is 6.20 Å². The van der Waals surface area contributed by atoms with Gasteiger partial charge in [-0.2, -0.15) is 0 Å². The number of rotatable bonds is 3. The van der Waals surface area contributed by atoms with E-state index < -0.39 is 0 Å². The lowest BCUT2D eigenvalue weighted by atomic mass is 9.81. The number of imidazole rings is 1. The summed E-state index contributed by atoms with van der Waals surface area (Å²) in [6.45, 7) is 3.40.